The maximum absolute atomic E-state index is 11.1. The van der Waals surface area contributed by atoms with E-state index in [1.54, 1.807) is 0 Å². The summed E-state index contributed by atoms with van der Waals surface area (Å²) in [6.45, 7) is 0. The third kappa shape index (κ3) is 2.00. The van der Waals surface area contributed by atoms with Crippen molar-refractivity contribution in [2.24, 2.45) is 5.14 Å². The summed E-state index contributed by atoms with van der Waals surface area (Å²) >= 11 is 8.47. The Labute approximate surface area is 84.5 Å². The smallest absolute Gasteiger partial charge is 0.313 e. The van der Waals surface area contributed by atoms with Crippen LogP contribution in [0.1, 0.15) is 6.42 Å². The average Bonchev–Trinajstić information content (AvgIpc) is 1.82. The number of hydrogen-bond acceptors (Lipinski definition) is 6. The van der Waals surface area contributed by atoms with Gasteiger partial charge >= 0.3 is 6.03 Å². The van der Waals surface area contributed by atoms with Gasteiger partial charge in [0, 0.05) is 12.1 Å². The summed E-state index contributed by atoms with van der Waals surface area (Å²) in [7, 11) is 0. The van der Waals surface area contributed by atoms with Gasteiger partial charge in [0.15, 0.2) is 0 Å². The van der Waals surface area contributed by atoms with Crippen LogP contribution in [0, 0.1) is 0 Å². The molecule has 12 heavy (non-hydrogen) atoms. The Morgan fingerprint density at radius 3 is 2.58 bits per heavy atom. The zero-order valence-corrected chi connectivity index (χ0v) is 8.46. The van der Waals surface area contributed by atoms with Crippen LogP contribution in [-0.2, 0) is 4.79 Å². The Hall–Kier alpha value is -0.0500. The molecule has 8 heteroatoms. The summed E-state index contributed by atoms with van der Waals surface area (Å²) in [5, 5.41) is 7.46. The molecular formula is C4H7N3O2S3. The Kier molecular flexibility index (Phi) is 2.81. The average molecular weight is 225 g/mol. The van der Waals surface area contributed by atoms with Crippen LogP contribution in [-0.4, -0.2) is 20.4 Å². The molecule has 0 aliphatic carbocycles. The van der Waals surface area contributed by atoms with Crippen LogP contribution in [0.5, 0.6) is 0 Å². The van der Waals surface area contributed by atoms with Crippen molar-refractivity contribution in [2.75, 3.05) is 0 Å². The highest BCUT2D eigenvalue weighted by atomic mass is 32.2. The van der Waals surface area contributed by atoms with Crippen LogP contribution in [0.15, 0.2) is 0 Å². The second kappa shape index (κ2) is 3.36. The van der Waals surface area contributed by atoms with Crippen LogP contribution in [0.3, 0.4) is 0 Å². The lowest BCUT2D eigenvalue weighted by molar-refractivity contribution is -0.125. The zero-order chi connectivity index (χ0) is 9.35. The van der Waals surface area contributed by atoms with Crippen molar-refractivity contribution >= 4 is 49.3 Å². The molecule has 0 bridgehead atoms. The molecule has 0 atom stereocenters. The molecule has 0 aromatic rings. The highest BCUT2D eigenvalue weighted by molar-refractivity contribution is 8.00. The van der Waals surface area contributed by atoms with Crippen molar-refractivity contribution in [3.63, 3.8) is 0 Å². The van der Waals surface area contributed by atoms with Crippen LogP contribution in [0.4, 0.5) is 4.79 Å². The van der Waals surface area contributed by atoms with E-state index < -0.39 is 16.1 Å². The van der Waals surface area contributed by atoms with Crippen LogP contribution in [0.2, 0.25) is 0 Å². The molecule has 3 amide bonds. The molecule has 1 aliphatic rings. The van der Waals surface area contributed by atoms with E-state index in [0.29, 0.717) is 12.1 Å². The van der Waals surface area contributed by atoms with E-state index in [9.17, 15) is 9.59 Å². The molecule has 1 fully saturated rings. The minimum absolute atomic E-state index is 0.00909. The number of amides is 3. The van der Waals surface area contributed by atoms with E-state index in [-0.39, 0.29) is 6.42 Å². The first-order chi connectivity index (χ1) is 5.46. The lowest BCUT2D eigenvalue weighted by Crippen LogP contribution is -2.55. The molecule has 1 saturated heterocycles. The highest BCUT2D eigenvalue weighted by Crippen LogP contribution is 2.27. The molecule has 0 spiro atoms. The number of carbonyl (C=O) groups excluding carboxylic acids is 2. The summed E-state index contributed by atoms with van der Waals surface area (Å²) in [5.74, 6) is -0.406. The van der Waals surface area contributed by atoms with Gasteiger partial charge in [-0.05, 0) is 0 Å². The number of rotatable bonds is 1. The molecule has 0 radical (unpaired) electrons. The van der Waals surface area contributed by atoms with Crippen molar-refractivity contribution in [3.05, 3.63) is 0 Å². The van der Waals surface area contributed by atoms with Gasteiger partial charge < -0.3 is 5.32 Å². The van der Waals surface area contributed by atoms with E-state index in [2.05, 4.69) is 30.6 Å². The van der Waals surface area contributed by atoms with Crippen molar-refractivity contribution in [1.29, 1.82) is 0 Å². The van der Waals surface area contributed by atoms with Gasteiger partial charge in [-0.1, -0.05) is 0 Å². The fourth-order valence-electron chi connectivity index (χ4n) is 0.769. The van der Waals surface area contributed by atoms with E-state index in [0.717, 1.165) is 4.31 Å². The Morgan fingerprint density at radius 1 is 1.58 bits per heavy atom. The lowest BCUT2D eigenvalue weighted by atomic mass is 10.3. The van der Waals surface area contributed by atoms with Gasteiger partial charge in [-0.15, -0.1) is 25.3 Å². The van der Waals surface area contributed by atoms with E-state index in [4.69, 9.17) is 5.14 Å². The van der Waals surface area contributed by atoms with Gasteiger partial charge in [0.25, 0.3) is 0 Å². The molecule has 0 unspecified atom stereocenters. The Balaban J connectivity index is 2.77. The molecule has 0 aromatic carbocycles. The molecule has 68 valence electrons. The second-order valence-electron chi connectivity index (χ2n) is 2.22. The summed E-state index contributed by atoms with van der Waals surface area (Å²) < 4.78 is -0.245. The molecule has 1 aliphatic heterocycles. The van der Waals surface area contributed by atoms with E-state index >= 15 is 0 Å². The van der Waals surface area contributed by atoms with E-state index in [1.807, 2.05) is 0 Å². The van der Waals surface area contributed by atoms with Crippen LogP contribution < -0.4 is 10.5 Å². The summed E-state index contributed by atoms with van der Waals surface area (Å²) in [5.41, 5.74) is 0. The standard InChI is InChI=1S/C4H7N3O2S3/c5-12-7-2(8)1-4(10,11)6-3(7)9/h10-11H,1,5H2,(H,6,9). The number of nitrogens with two attached hydrogens (primary N) is 1. The minimum atomic E-state index is -1.07. The van der Waals surface area contributed by atoms with Gasteiger partial charge in [-0.3, -0.25) is 9.93 Å². The Bertz CT molecular complexity index is 212. The van der Waals surface area contributed by atoms with Gasteiger partial charge in [0.2, 0.25) is 5.91 Å². The molecule has 3 N–H and O–H groups in total. The molecular weight excluding hydrogens is 218 g/mol. The maximum atomic E-state index is 11.1. The van der Waals surface area contributed by atoms with Gasteiger partial charge in [0.05, 0.1) is 6.42 Å². The first-order valence-corrected chi connectivity index (χ1v) is 4.66. The molecule has 0 saturated carbocycles. The fraction of sp³-hybridized carbons (Fsp3) is 0.500. The number of hydrogen-bond donors (Lipinski definition) is 4. The number of urea groups is 1. The van der Waals surface area contributed by atoms with Crippen LogP contribution in [0.25, 0.3) is 0 Å². The minimum Gasteiger partial charge on any atom is -0.313 e. The lowest BCUT2D eigenvalue weighted by Gasteiger charge is -2.32. The van der Waals surface area contributed by atoms with Gasteiger partial charge in [0.1, 0.15) is 4.20 Å². The number of thiol groups is 2. The predicted molar refractivity (Wildman–Crippen MR) is 52.5 cm³/mol. The van der Waals surface area contributed by atoms with Gasteiger partial charge in [-0.25, -0.2) is 4.79 Å². The first kappa shape index (κ1) is 10.0. The van der Waals surface area contributed by atoms with Crippen molar-refractivity contribution in [1.82, 2.24) is 9.62 Å². The van der Waals surface area contributed by atoms with Crippen molar-refractivity contribution in [3.8, 4) is 0 Å². The molecule has 0 aromatic heterocycles. The molecule has 1 rings (SSSR count). The number of imide groups is 1. The summed E-state index contributed by atoms with van der Waals surface area (Å²) in [6, 6.07) is -0.594. The predicted octanol–water partition coefficient (Wildman–Crippen LogP) is -0.0364. The monoisotopic (exact) mass is 225 g/mol. The zero-order valence-electron chi connectivity index (χ0n) is 5.85. The maximum Gasteiger partial charge on any atom is 0.337 e. The normalized spacial score (nSPS) is 22.4. The SMILES string of the molecule is NSN1C(=O)CC(S)(S)NC1=O. The highest BCUT2D eigenvalue weighted by Gasteiger charge is 2.38. The topological polar surface area (TPSA) is 75.4 Å². The third-order valence-corrected chi connectivity index (χ3v) is 2.34. The van der Waals surface area contributed by atoms with Crippen molar-refractivity contribution in [2.45, 2.75) is 10.6 Å². The van der Waals surface area contributed by atoms with Gasteiger partial charge in [-0.2, -0.15) is 4.31 Å². The number of nitrogens with one attached hydrogen (secondary N) is 1. The largest absolute Gasteiger partial charge is 0.337 e. The fourth-order valence-corrected chi connectivity index (χ4v) is 1.55. The quantitative estimate of drug-likeness (QED) is 0.287. The first-order valence-electron chi connectivity index (χ1n) is 2.93. The number of carbonyl (C=O) groups is 2. The van der Waals surface area contributed by atoms with E-state index in [1.165, 1.54) is 0 Å². The number of nitrogens with zero attached hydrogens (tertiary/aromatic N) is 1. The third-order valence-electron chi connectivity index (χ3n) is 1.22. The Morgan fingerprint density at radius 2 is 2.17 bits per heavy atom. The van der Waals surface area contributed by atoms with Crippen LogP contribution >= 0.6 is 37.4 Å². The molecule has 5 nitrogen and oxygen atoms in total. The molecule has 1 heterocycles. The second-order valence-corrected chi connectivity index (χ2v) is 4.67. The summed E-state index contributed by atoms with van der Waals surface area (Å²) in [4.78, 5) is 22.2. The summed E-state index contributed by atoms with van der Waals surface area (Å²) in [6.07, 6.45) is 0.00909. The van der Waals surface area contributed by atoms with Crippen molar-refractivity contribution < 1.29 is 9.59 Å².